The second-order valence-electron chi connectivity index (χ2n) is 5.55. The number of esters is 1. The summed E-state index contributed by atoms with van der Waals surface area (Å²) in [5, 5.41) is 3.58. The third kappa shape index (κ3) is 3.30. The van der Waals surface area contributed by atoms with Crippen LogP contribution in [-0.4, -0.2) is 24.0 Å². The van der Waals surface area contributed by atoms with Gasteiger partial charge in [0.2, 0.25) is 0 Å². The lowest BCUT2D eigenvalue weighted by Crippen LogP contribution is -2.16. The molecule has 0 aromatic carbocycles. The Morgan fingerprint density at radius 1 is 1.29 bits per heavy atom. The monoisotopic (exact) mass is 364 g/mol. The highest BCUT2D eigenvalue weighted by Crippen LogP contribution is 2.38. The maximum atomic E-state index is 12.5. The van der Waals surface area contributed by atoms with Crippen molar-refractivity contribution in [3.05, 3.63) is 45.1 Å². The Balaban J connectivity index is 1.97. The summed E-state index contributed by atoms with van der Waals surface area (Å²) in [5.41, 5.74) is 1.62. The molecule has 1 N–H and O–H groups in total. The average Bonchev–Trinajstić information content (AvgIpc) is 2.75. The van der Waals surface area contributed by atoms with Gasteiger partial charge in [0.05, 0.1) is 17.7 Å². The van der Waals surface area contributed by atoms with Crippen LogP contribution in [0.25, 0.3) is 0 Å². The van der Waals surface area contributed by atoms with Crippen LogP contribution in [0.1, 0.15) is 50.5 Å². The second-order valence-corrected chi connectivity index (χ2v) is 7.06. The van der Waals surface area contributed by atoms with Gasteiger partial charge in [0, 0.05) is 11.1 Å². The van der Waals surface area contributed by atoms with E-state index in [9.17, 15) is 9.59 Å². The minimum Gasteiger partial charge on any atom is -0.465 e. The van der Waals surface area contributed by atoms with E-state index in [1.54, 1.807) is 12.1 Å². The SMILES string of the molecule is COC(=O)c1c(NC(=O)c2ncccc2Cl)sc2c1CCCCC2. The van der Waals surface area contributed by atoms with Gasteiger partial charge in [-0.1, -0.05) is 18.0 Å². The van der Waals surface area contributed by atoms with Crippen molar-refractivity contribution in [2.45, 2.75) is 32.1 Å². The number of rotatable bonds is 3. The van der Waals surface area contributed by atoms with Crippen molar-refractivity contribution in [2.24, 2.45) is 0 Å². The molecule has 0 aliphatic heterocycles. The van der Waals surface area contributed by atoms with Gasteiger partial charge in [0.15, 0.2) is 0 Å². The molecule has 24 heavy (non-hydrogen) atoms. The average molecular weight is 365 g/mol. The number of halogens is 1. The van der Waals surface area contributed by atoms with Crippen molar-refractivity contribution in [1.29, 1.82) is 0 Å². The van der Waals surface area contributed by atoms with Gasteiger partial charge in [0.1, 0.15) is 10.7 Å². The number of nitrogens with one attached hydrogen (secondary N) is 1. The first kappa shape index (κ1) is 16.9. The molecule has 0 fully saturated rings. The predicted molar refractivity (Wildman–Crippen MR) is 94.1 cm³/mol. The first-order chi connectivity index (χ1) is 11.6. The molecular weight excluding hydrogens is 348 g/mol. The number of methoxy groups -OCH3 is 1. The second kappa shape index (κ2) is 7.32. The van der Waals surface area contributed by atoms with E-state index in [-0.39, 0.29) is 10.7 Å². The number of fused-ring (bicyclic) bond motifs is 1. The lowest BCUT2D eigenvalue weighted by Gasteiger charge is -2.07. The Labute approximate surface area is 149 Å². The van der Waals surface area contributed by atoms with Crippen molar-refractivity contribution in [3.8, 4) is 0 Å². The summed E-state index contributed by atoms with van der Waals surface area (Å²) in [6, 6.07) is 3.26. The van der Waals surface area contributed by atoms with Gasteiger partial charge in [-0.05, 0) is 43.4 Å². The van der Waals surface area contributed by atoms with Crippen LogP contribution in [0.4, 0.5) is 5.00 Å². The lowest BCUT2D eigenvalue weighted by molar-refractivity contribution is 0.0601. The van der Waals surface area contributed by atoms with Crippen molar-refractivity contribution in [2.75, 3.05) is 12.4 Å². The summed E-state index contributed by atoms with van der Waals surface area (Å²) >= 11 is 7.47. The molecule has 5 nitrogen and oxygen atoms in total. The molecule has 1 amide bonds. The normalized spacial score (nSPS) is 13.8. The summed E-state index contributed by atoms with van der Waals surface area (Å²) in [7, 11) is 1.35. The van der Waals surface area contributed by atoms with Gasteiger partial charge in [-0.3, -0.25) is 4.79 Å². The van der Waals surface area contributed by atoms with E-state index in [1.807, 2.05) is 0 Å². The zero-order valence-electron chi connectivity index (χ0n) is 13.2. The van der Waals surface area contributed by atoms with E-state index in [0.29, 0.717) is 10.6 Å². The summed E-state index contributed by atoms with van der Waals surface area (Å²) in [6.45, 7) is 0. The van der Waals surface area contributed by atoms with Crippen LogP contribution >= 0.6 is 22.9 Å². The predicted octanol–water partition coefficient (Wildman–Crippen LogP) is 4.10. The molecule has 0 saturated carbocycles. The van der Waals surface area contributed by atoms with E-state index in [2.05, 4.69) is 10.3 Å². The summed E-state index contributed by atoms with van der Waals surface area (Å²) in [6.07, 6.45) is 6.53. The fourth-order valence-corrected chi connectivity index (χ4v) is 4.34. The summed E-state index contributed by atoms with van der Waals surface area (Å²) < 4.78 is 4.93. The van der Waals surface area contributed by atoms with Gasteiger partial charge in [-0.15, -0.1) is 11.3 Å². The number of ether oxygens (including phenoxy) is 1. The first-order valence-corrected chi connectivity index (χ1v) is 8.96. The molecule has 0 radical (unpaired) electrons. The highest BCUT2D eigenvalue weighted by atomic mass is 35.5. The number of aryl methyl sites for hydroxylation is 1. The highest BCUT2D eigenvalue weighted by Gasteiger charge is 2.27. The zero-order valence-corrected chi connectivity index (χ0v) is 14.8. The summed E-state index contributed by atoms with van der Waals surface area (Å²) in [4.78, 5) is 29.9. The van der Waals surface area contributed by atoms with Crippen LogP contribution in [0.2, 0.25) is 5.02 Å². The molecular formula is C17H17ClN2O3S. The maximum Gasteiger partial charge on any atom is 0.341 e. The fraction of sp³-hybridized carbons (Fsp3) is 0.353. The minimum absolute atomic E-state index is 0.138. The molecule has 2 aromatic rings. The molecule has 7 heteroatoms. The van der Waals surface area contributed by atoms with Crippen molar-refractivity contribution >= 4 is 39.8 Å². The molecule has 0 bridgehead atoms. The van der Waals surface area contributed by atoms with E-state index < -0.39 is 11.9 Å². The van der Waals surface area contributed by atoms with Crippen LogP contribution in [0.15, 0.2) is 18.3 Å². The molecule has 0 unspecified atom stereocenters. The van der Waals surface area contributed by atoms with Crippen LogP contribution in [0.5, 0.6) is 0 Å². The number of thiophene rings is 1. The topological polar surface area (TPSA) is 68.3 Å². The Kier molecular flexibility index (Phi) is 5.16. The number of aromatic nitrogens is 1. The number of pyridine rings is 1. The number of amides is 1. The van der Waals surface area contributed by atoms with Crippen molar-refractivity contribution in [1.82, 2.24) is 4.98 Å². The molecule has 0 atom stereocenters. The molecule has 3 rings (SSSR count). The zero-order chi connectivity index (χ0) is 17.1. The minimum atomic E-state index is -0.429. The Hall–Kier alpha value is -1.92. The van der Waals surface area contributed by atoms with E-state index in [1.165, 1.54) is 24.6 Å². The Morgan fingerprint density at radius 2 is 2.08 bits per heavy atom. The number of hydrogen-bond acceptors (Lipinski definition) is 5. The standard InChI is InChI=1S/C17H17ClN2O3S/c1-23-17(22)13-10-6-3-2-4-8-12(10)24-16(13)20-15(21)14-11(18)7-5-9-19-14/h5,7,9H,2-4,6,8H2,1H3,(H,20,21). The van der Waals surface area contributed by atoms with Crippen LogP contribution < -0.4 is 5.32 Å². The first-order valence-electron chi connectivity index (χ1n) is 7.76. The van der Waals surface area contributed by atoms with Gasteiger partial charge in [0.25, 0.3) is 5.91 Å². The largest absolute Gasteiger partial charge is 0.465 e. The van der Waals surface area contributed by atoms with Crippen molar-refractivity contribution in [3.63, 3.8) is 0 Å². The van der Waals surface area contributed by atoms with Crippen LogP contribution in [0, 0.1) is 0 Å². The molecule has 2 heterocycles. The Bertz CT molecular complexity index is 788. The number of hydrogen-bond donors (Lipinski definition) is 1. The Morgan fingerprint density at radius 3 is 2.83 bits per heavy atom. The summed E-state index contributed by atoms with van der Waals surface area (Å²) in [5.74, 6) is -0.848. The molecule has 2 aromatic heterocycles. The number of carbonyl (C=O) groups excluding carboxylic acids is 2. The molecule has 0 saturated heterocycles. The number of carbonyl (C=O) groups is 2. The number of anilines is 1. The van der Waals surface area contributed by atoms with Gasteiger partial charge in [-0.2, -0.15) is 0 Å². The quantitative estimate of drug-likeness (QED) is 0.657. The highest BCUT2D eigenvalue weighted by molar-refractivity contribution is 7.17. The third-order valence-electron chi connectivity index (χ3n) is 4.01. The van der Waals surface area contributed by atoms with Gasteiger partial charge >= 0.3 is 5.97 Å². The molecule has 126 valence electrons. The lowest BCUT2D eigenvalue weighted by atomic mass is 10.1. The van der Waals surface area contributed by atoms with E-state index >= 15 is 0 Å². The smallest absolute Gasteiger partial charge is 0.341 e. The fourth-order valence-electron chi connectivity index (χ4n) is 2.86. The molecule has 1 aliphatic carbocycles. The van der Waals surface area contributed by atoms with E-state index in [4.69, 9.17) is 16.3 Å². The van der Waals surface area contributed by atoms with Crippen molar-refractivity contribution < 1.29 is 14.3 Å². The molecule has 0 spiro atoms. The van der Waals surface area contributed by atoms with Crippen LogP contribution in [-0.2, 0) is 17.6 Å². The number of nitrogens with zero attached hydrogens (tertiary/aromatic N) is 1. The third-order valence-corrected chi connectivity index (χ3v) is 5.52. The maximum absolute atomic E-state index is 12.5. The molecule has 1 aliphatic rings. The van der Waals surface area contributed by atoms with E-state index in [0.717, 1.165) is 42.5 Å². The van der Waals surface area contributed by atoms with Crippen LogP contribution in [0.3, 0.4) is 0 Å². The van der Waals surface area contributed by atoms with Gasteiger partial charge in [-0.25, -0.2) is 9.78 Å². The van der Waals surface area contributed by atoms with Gasteiger partial charge < -0.3 is 10.1 Å².